The molecule has 4 atom stereocenters. The zero-order chi connectivity index (χ0) is 38.8. The van der Waals surface area contributed by atoms with Crippen molar-refractivity contribution in [2.24, 2.45) is 33.3 Å². The number of nitrogens with zero attached hydrogens (tertiary/aromatic N) is 3. The number of nitrogens with one attached hydrogen (secondary N) is 3. The summed E-state index contributed by atoms with van der Waals surface area (Å²) in [6.45, 7) is 18.9. The summed E-state index contributed by atoms with van der Waals surface area (Å²) >= 11 is 0. The maximum Gasteiger partial charge on any atom is 0.315 e. The number of urea groups is 1. The first-order valence-electron chi connectivity index (χ1n) is 20.6. The quantitative estimate of drug-likeness (QED) is 0.234. The van der Waals surface area contributed by atoms with Gasteiger partial charge in [-0.3, -0.25) is 29.0 Å². The second-order valence-electron chi connectivity index (χ2n) is 20.3. The van der Waals surface area contributed by atoms with Gasteiger partial charge in [0.15, 0.2) is 0 Å². The van der Waals surface area contributed by atoms with Crippen molar-refractivity contribution >= 4 is 29.5 Å². The van der Waals surface area contributed by atoms with Crippen LogP contribution in [0.5, 0.6) is 0 Å². The molecule has 0 bridgehead atoms. The number of likely N-dealkylation sites (N-methyl/N-ethyl adjacent to an activating group) is 1. The van der Waals surface area contributed by atoms with Crippen LogP contribution in [-0.2, 0) is 19.2 Å². The SMILES string of the molecule is CN1CCN(CC2(NC(=O)N[C@H](C(=O)N3C[C@]4(C[C@H]3C(=O)NC(CC3CCC3)C(=O)C(N)=O)C(C)(C)C43CCC3)C(C)(C)C)CCCCC2)CC1(C)C. The third-order valence-corrected chi connectivity index (χ3v) is 15.6. The number of ketones is 1. The van der Waals surface area contributed by atoms with E-state index in [0.717, 1.165) is 96.8 Å². The first kappa shape index (κ1) is 39.9. The number of likely N-dealkylation sites (tertiary alicyclic amines) is 1. The van der Waals surface area contributed by atoms with E-state index in [1.807, 2.05) is 20.8 Å². The van der Waals surface area contributed by atoms with Gasteiger partial charge in [0.1, 0.15) is 12.1 Å². The van der Waals surface area contributed by atoms with Crippen molar-refractivity contribution in [1.82, 2.24) is 30.7 Å². The fourth-order valence-corrected chi connectivity index (χ4v) is 11.5. The second kappa shape index (κ2) is 14.1. The van der Waals surface area contributed by atoms with Gasteiger partial charge in [0.05, 0.1) is 11.6 Å². The van der Waals surface area contributed by atoms with Gasteiger partial charge in [0, 0.05) is 43.7 Å². The molecule has 53 heavy (non-hydrogen) atoms. The highest BCUT2D eigenvalue weighted by atomic mass is 16.2. The largest absolute Gasteiger partial charge is 0.363 e. The summed E-state index contributed by atoms with van der Waals surface area (Å²) < 4.78 is 0. The number of Topliss-reactive ketones (excluding diaryl/α,β-unsaturated/α-hetero) is 1. The summed E-state index contributed by atoms with van der Waals surface area (Å²) in [5.41, 5.74) is 4.20. The first-order chi connectivity index (χ1) is 24.7. The molecule has 2 heterocycles. The summed E-state index contributed by atoms with van der Waals surface area (Å²) in [7, 11) is 2.17. The highest BCUT2D eigenvalue weighted by molar-refractivity contribution is 6.37. The van der Waals surface area contributed by atoms with Crippen LogP contribution in [0.2, 0.25) is 0 Å². The Balaban J connectivity index is 1.23. The van der Waals surface area contributed by atoms with Gasteiger partial charge >= 0.3 is 6.03 Å². The second-order valence-corrected chi connectivity index (χ2v) is 20.3. The zero-order valence-corrected chi connectivity index (χ0v) is 34.0. The molecule has 5 amide bonds. The van der Waals surface area contributed by atoms with Crippen molar-refractivity contribution in [3.63, 3.8) is 0 Å². The molecule has 0 radical (unpaired) electrons. The standard InChI is InChI=1S/C41H69N7O5/c1-36(2,3)31(44-35(53)45-39(16-10-9-11-17-39)25-47-21-20-46(8)37(4,5)24-47)34(52)48-26-41(38(6,7)40(41)18-13-19-40)23-29(48)33(51)43-28(30(49)32(42)50)22-27-14-12-15-27/h27-29,31H,9-26H2,1-8H3,(H2,42,50)(H,43,51)(H2,44,45,53)/t28?,29-,31+,41+/m0/s1. The number of carbonyl (C=O) groups excluding carboxylic acids is 5. The lowest BCUT2D eigenvalue weighted by atomic mass is 9.73. The Morgan fingerprint density at radius 1 is 0.830 bits per heavy atom. The highest BCUT2D eigenvalue weighted by Crippen LogP contribution is 2.88. The van der Waals surface area contributed by atoms with E-state index >= 15 is 0 Å². The minimum absolute atomic E-state index is 0.0363. The predicted octanol–water partition coefficient (Wildman–Crippen LogP) is 3.96. The summed E-state index contributed by atoms with van der Waals surface area (Å²) in [5.74, 6) is -2.30. The number of primary amides is 1. The molecule has 6 aliphatic rings. The maximum atomic E-state index is 15.0. The first-order valence-corrected chi connectivity index (χ1v) is 20.6. The van der Waals surface area contributed by atoms with Crippen LogP contribution in [0.25, 0.3) is 0 Å². The molecule has 2 spiro atoms. The van der Waals surface area contributed by atoms with Crippen LogP contribution in [0, 0.1) is 27.6 Å². The zero-order valence-electron chi connectivity index (χ0n) is 34.0. The van der Waals surface area contributed by atoms with Gasteiger partial charge in [-0.15, -0.1) is 0 Å². The Labute approximate surface area is 317 Å². The summed E-state index contributed by atoms with van der Waals surface area (Å²) in [5, 5.41) is 9.47. The van der Waals surface area contributed by atoms with Crippen LogP contribution in [0.3, 0.4) is 0 Å². The van der Waals surface area contributed by atoms with Crippen molar-refractivity contribution in [3.8, 4) is 0 Å². The predicted molar refractivity (Wildman–Crippen MR) is 205 cm³/mol. The molecule has 0 aromatic rings. The number of nitrogens with two attached hydrogens (primary N) is 1. The fraction of sp³-hybridized carbons (Fsp3) is 0.878. The van der Waals surface area contributed by atoms with Crippen LogP contribution in [0.15, 0.2) is 0 Å². The van der Waals surface area contributed by atoms with E-state index in [-0.39, 0.29) is 39.6 Å². The van der Waals surface area contributed by atoms with Gasteiger partial charge in [-0.25, -0.2) is 4.79 Å². The molecule has 6 fully saturated rings. The van der Waals surface area contributed by atoms with Gasteiger partial charge in [0.25, 0.3) is 5.91 Å². The van der Waals surface area contributed by atoms with E-state index < -0.39 is 46.7 Å². The lowest BCUT2D eigenvalue weighted by molar-refractivity contribution is -0.143. The molecule has 0 aromatic carbocycles. The lowest BCUT2D eigenvalue weighted by Crippen LogP contribution is -2.66. The summed E-state index contributed by atoms with van der Waals surface area (Å²) in [6, 6.07) is -3.08. The number of amides is 5. The third kappa shape index (κ3) is 7.13. The van der Waals surface area contributed by atoms with Gasteiger partial charge in [0.2, 0.25) is 17.6 Å². The minimum atomic E-state index is -1.06. The van der Waals surface area contributed by atoms with Crippen LogP contribution < -0.4 is 21.7 Å². The maximum absolute atomic E-state index is 15.0. The Hall–Kier alpha value is -2.73. The molecular formula is C41H69N7O5. The number of carbonyl (C=O) groups is 5. The van der Waals surface area contributed by atoms with E-state index in [1.54, 1.807) is 4.90 Å². The van der Waals surface area contributed by atoms with Gasteiger partial charge in [-0.1, -0.05) is 79.6 Å². The van der Waals surface area contributed by atoms with Crippen LogP contribution in [-0.4, -0.2) is 113 Å². The van der Waals surface area contributed by atoms with Crippen molar-refractivity contribution in [2.45, 2.75) is 161 Å². The van der Waals surface area contributed by atoms with Crippen molar-refractivity contribution in [1.29, 1.82) is 0 Å². The normalized spacial score (nSPS) is 30.1. The number of hydrogen-bond donors (Lipinski definition) is 4. The van der Waals surface area contributed by atoms with Crippen molar-refractivity contribution < 1.29 is 24.0 Å². The van der Waals surface area contributed by atoms with E-state index in [9.17, 15) is 24.0 Å². The van der Waals surface area contributed by atoms with Gasteiger partial charge in [-0.2, -0.15) is 0 Å². The number of piperazine rings is 1. The Morgan fingerprint density at radius 2 is 1.49 bits per heavy atom. The minimum Gasteiger partial charge on any atom is -0.363 e. The molecule has 6 rings (SSSR count). The number of rotatable bonds is 11. The number of hydrogen-bond acceptors (Lipinski definition) is 7. The van der Waals surface area contributed by atoms with Crippen molar-refractivity contribution in [3.05, 3.63) is 0 Å². The monoisotopic (exact) mass is 740 g/mol. The fourth-order valence-electron chi connectivity index (χ4n) is 11.5. The Kier molecular flexibility index (Phi) is 10.6. The lowest BCUT2D eigenvalue weighted by Gasteiger charge is -2.49. The molecule has 4 aliphatic carbocycles. The molecule has 12 heteroatoms. The third-order valence-electron chi connectivity index (χ3n) is 15.6. The summed E-state index contributed by atoms with van der Waals surface area (Å²) in [4.78, 5) is 75.2. The average molecular weight is 740 g/mol. The van der Waals surface area contributed by atoms with Crippen LogP contribution in [0.1, 0.15) is 132 Å². The highest BCUT2D eigenvalue weighted by Gasteiger charge is 2.85. The topological polar surface area (TPSA) is 157 Å². The van der Waals surface area contributed by atoms with E-state index in [1.165, 1.54) is 0 Å². The molecule has 12 nitrogen and oxygen atoms in total. The van der Waals surface area contributed by atoms with Crippen LogP contribution in [0.4, 0.5) is 4.79 Å². The number of fused-ring (bicyclic) bond motifs is 1. The van der Waals surface area contributed by atoms with Crippen molar-refractivity contribution in [2.75, 3.05) is 39.8 Å². The van der Waals surface area contributed by atoms with E-state index in [0.29, 0.717) is 19.4 Å². The Morgan fingerprint density at radius 3 is 2.00 bits per heavy atom. The molecule has 5 N–H and O–H groups in total. The molecule has 2 saturated heterocycles. The smallest absolute Gasteiger partial charge is 0.315 e. The molecule has 1 unspecified atom stereocenters. The molecule has 0 aromatic heterocycles. The molecule has 2 aliphatic heterocycles. The van der Waals surface area contributed by atoms with E-state index in [4.69, 9.17) is 5.73 Å². The molecular weight excluding hydrogens is 670 g/mol. The van der Waals surface area contributed by atoms with E-state index in [2.05, 4.69) is 60.5 Å². The summed E-state index contributed by atoms with van der Waals surface area (Å²) in [6.07, 6.45) is 12.1. The average Bonchev–Trinajstić information content (AvgIpc) is 3.24. The molecule has 4 saturated carbocycles. The van der Waals surface area contributed by atoms with Crippen LogP contribution >= 0.6 is 0 Å². The molecule has 298 valence electrons. The van der Waals surface area contributed by atoms with Gasteiger partial charge in [-0.05, 0) is 81.6 Å². The Bertz CT molecular complexity index is 1460. The van der Waals surface area contributed by atoms with Gasteiger partial charge < -0.3 is 26.6 Å².